The molecule has 0 aromatic heterocycles. The summed E-state index contributed by atoms with van der Waals surface area (Å²) in [4.78, 5) is 24.1. The van der Waals surface area contributed by atoms with Gasteiger partial charge in [-0.2, -0.15) is 0 Å². The van der Waals surface area contributed by atoms with Gasteiger partial charge >= 0.3 is 11.9 Å². The number of ether oxygens (including phenoxy) is 1. The van der Waals surface area contributed by atoms with Crippen LogP contribution in [0.2, 0.25) is 0 Å². The molecule has 0 heterocycles. The molecular formula is C13H14Br3NO4. The summed E-state index contributed by atoms with van der Waals surface area (Å²) in [7, 11) is 0. The van der Waals surface area contributed by atoms with Crippen molar-refractivity contribution in [1.82, 2.24) is 0 Å². The maximum absolute atomic E-state index is 11.4. The van der Waals surface area contributed by atoms with Crippen LogP contribution in [-0.2, 0) is 14.3 Å². The predicted octanol–water partition coefficient (Wildman–Crippen LogP) is 3.82. The highest BCUT2D eigenvalue weighted by atomic mass is 79.9. The Kier molecular flexibility index (Phi) is 7.69. The molecule has 0 fully saturated rings. The van der Waals surface area contributed by atoms with Gasteiger partial charge in [0.05, 0.1) is 18.7 Å². The molecule has 21 heavy (non-hydrogen) atoms. The molecular weight excluding hydrogens is 474 g/mol. The van der Waals surface area contributed by atoms with Crippen molar-refractivity contribution < 1.29 is 19.4 Å². The Morgan fingerprint density at radius 1 is 1.19 bits per heavy atom. The molecule has 0 bridgehead atoms. The van der Waals surface area contributed by atoms with Gasteiger partial charge in [0.15, 0.2) is 0 Å². The maximum Gasteiger partial charge on any atom is 0.323 e. The van der Waals surface area contributed by atoms with Crippen molar-refractivity contribution in [3.05, 3.63) is 25.6 Å². The first kappa shape index (κ1) is 18.4. The van der Waals surface area contributed by atoms with Gasteiger partial charge in [0.2, 0.25) is 0 Å². The first-order valence-corrected chi connectivity index (χ1v) is 8.50. The average Bonchev–Trinajstić information content (AvgIpc) is 2.39. The van der Waals surface area contributed by atoms with Gasteiger partial charge in [-0.15, -0.1) is 0 Å². The van der Waals surface area contributed by atoms with Crippen LogP contribution in [0, 0.1) is 0 Å². The molecule has 116 valence electrons. The number of benzene rings is 1. The molecule has 8 heteroatoms. The zero-order valence-corrected chi connectivity index (χ0v) is 16.0. The molecule has 0 aliphatic heterocycles. The lowest BCUT2D eigenvalue weighted by atomic mass is 10.2. The Bertz CT molecular complexity index is 536. The molecule has 0 saturated carbocycles. The monoisotopic (exact) mass is 485 g/mol. The second-order valence-corrected chi connectivity index (χ2v) is 6.65. The number of rotatable bonds is 7. The van der Waals surface area contributed by atoms with Crippen molar-refractivity contribution in [3.63, 3.8) is 0 Å². The van der Waals surface area contributed by atoms with E-state index in [4.69, 9.17) is 9.84 Å². The third-order valence-corrected chi connectivity index (χ3v) is 5.03. The number of carbonyl (C=O) groups excluding carboxylic acids is 1. The van der Waals surface area contributed by atoms with Crippen LogP contribution in [0.3, 0.4) is 0 Å². The number of carboxylic acids is 1. The lowest BCUT2D eigenvalue weighted by Crippen LogP contribution is -2.32. The summed E-state index contributed by atoms with van der Waals surface area (Å²) in [5.41, 5.74) is 0.691. The van der Waals surface area contributed by atoms with E-state index in [1.807, 2.05) is 6.07 Å². The maximum atomic E-state index is 11.4. The fourth-order valence-electron chi connectivity index (χ4n) is 1.66. The molecule has 0 spiro atoms. The van der Waals surface area contributed by atoms with Gasteiger partial charge in [-0.1, -0.05) is 0 Å². The van der Waals surface area contributed by atoms with E-state index in [0.717, 1.165) is 13.4 Å². The van der Waals surface area contributed by atoms with Gasteiger partial charge in [0.1, 0.15) is 6.54 Å². The zero-order chi connectivity index (χ0) is 16.0. The van der Waals surface area contributed by atoms with E-state index in [1.54, 1.807) is 17.9 Å². The summed E-state index contributed by atoms with van der Waals surface area (Å²) in [6.45, 7) is 2.10. The quantitative estimate of drug-likeness (QED) is 0.468. The van der Waals surface area contributed by atoms with Crippen LogP contribution in [0.5, 0.6) is 0 Å². The molecule has 5 nitrogen and oxygen atoms in total. The SMILES string of the molecule is CCOC(=O)CCN(CC(=O)O)c1cc(Br)c(Br)cc1Br. The molecule has 0 unspecified atom stereocenters. The summed E-state index contributed by atoms with van der Waals surface area (Å²) >= 11 is 10.2. The third kappa shape index (κ3) is 5.96. The average molecular weight is 488 g/mol. The van der Waals surface area contributed by atoms with Gasteiger partial charge < -0.3 is 14.7 Å². The van der Waals surface area contributed by atoms with Crippen LogP contribution in [0.1, 0.15) is 13.3 Å². The number of esters is 1. The van der Waals surface area contributed by atoms with E-state index < -0.39 is 5.97 Å². The molecule has 0 aliphatic rings. The largest absolute Gasteiger partial charge is 0.480 e. The van der Waals surface area contributed by atoms with E-state index >= 15 is 0 Å². The van der Waals surface area contributed by atoms with Gasteiger partial charge in [-0.3, -0.25) is 9.59 Å². The van der Waals surface area contributed by atoms with E-state index in [2.05, 4.69) is 47.8 Å². The standard InChI is InChI=1S/C13H14Br3NO4/c1-2-21-13(20)3-4-17(7-12(18)19)11-6-9(15)8(14)5-10(11)16/h5-6H,2-4,7H2,1H3,(H,18,19). The highest BCUT2D eigenvalue weighted by Gasteiger charge is 2.17. The third-order valence-electron chi connectivity index (χ3n) is 2.55. The lowest BCUT2D eigenvalue weighted by molar-refractivity contribution is -0.143. The van der Waals surface area contributed by atoms with Crippen molar-refractivity contribution in [2.45, 2.75) is 13.3 Å². The second-order valence-electron chi connectivity index (χ2n) is 4.09. The van der Waals surface area contributed by atoms with Crippen LogP contribution in [0.25, 0.3) is 0 Å². The second kappa shape index (κ2) is 8.75. The number of aliphatic carboxylic acids is 1. The van der Waals surface area contributed by atoms with Gasteiger partial charge in [0.25, 0.3) is 0 Å². The fraction of sp³-hybridized carbons (Fsp3) is 0.385. The molecule has 1 aromatic carbocycles. The van der Waals surface area contributed by atoms with Crippen molar-refractivity contribution in [1.29, 1.82) is 0 Å². The Morgan fingerprint density at radius 3 is 2.38 bits per heavy atom. The van der Waals surface area contributed by atoms with Gasteiger partial charge in [-0.05, 0) is 66.8 Å². The summed E-state index contributed by atoms with van der Waals surface area (Å²) in [6, 6.07) is 3.61. The number of carboxylic acid groups (broad SMARTS) is 1. The van der Waals surface area contributed by atoms with Gasteiger partial charge in [0, 0.05) is 20.0 Å². The zero-order valence-electron chi connectivity index (χ0n) is 11.2. The van der Waals surface area contributed by atoms with Crippen molar-refractivity contribution >= 4 is 65.4 Å². The Labute approximate surface area is 148 Å². The Balaban J connectivity index is 2.94. The first-order chi connectivity index (χ1) is 9.85. The summed E-state index contributed by atoms with van der Waals surface area (Å²) in [5.74, 6) is -1.31. The Hall–Kier alpha value is -0.600. The molecule has 0 radical (unpaired) electrons. The van der Waals surface area contributed by atoms with Crippen LogP contribution < -0.4 is 4.90 Å². The lowest BCUT2D eigenvalue weighted by Gasteiger charge is -2.24. The van der Waals surface area contributed by atoms with E-state index in [-0.39, 0.29) is 25.5 Å². The summed E-state index contributed by atoms with van der Waals surface area (Å²) in [6.07, 6.45) is 0.126. The molecule has 0 amide bonds. The minimum atomic E-state index is -0.968. The molecule has 1 rings (SSSR count). The highest BCUT2D eigenvalue weighted by molar-refractivity contribution is 9.13. The topological polar surface area (TPSA) is 66.8 Å². The molecule has 0 atom stereocenters. The van der Waals surface area contributed by atoms with Crippen LogP contribution in [0.15, 0.2) is 25.6 Å². The van der Waals surface area contributed by atoms with Crippen molar-refractivity contribution in [2.24, 2.45) is 0 Å². The van der Waals surface area contributed by atoms with Gasteiger partial charge in [-0.25, -0.2) is 0 Å². The number of nitrogens with zero attached hydrogens (tertiary/aromatic N) is 1. The van der Waals surface area contributed by atoms with Crippen molar-refractivity contribution in [2.75, 3.05) is 24.6 Å². The fourth-order valence-corrected chi connectivity index (χ4v) is 3.24. The summed E-state index contributed by atoms with van der Waals surface area (Å²) < 4.78 is 7.25. The number of hydrogen-bond donors (Lipinski definition) is 1. The molecule has 0 aliphatic carbocycles. The molecule has 1 N–H and O–H groups in total. The van der Waals surface area contributed by atoms with Crippen LogP contribution >= 0.6 is 47.8 Å². The van der Waals surface area contributed by atoms with E-state index in [1.165, 1.54) is 0 Å². The number of hydrogen-bond acceptors (Lipinski definition) is 4. The smallest absolute Gasteiger partial charge is 0.323 e. The number of carbonyl (C=O) groups is 2. The minimum absolute atomic E-state index is 0.126. The number of anilines is 1. The number of halogens is 3. The van der Waals surface area contributed by atoms with E-state index in [0.29, 0.717) is 12.3 Å². The first-order valence-electron chi connectivity index (χ1n) is 6.12. The van der Waals surface area contributed by atoms with E-state index in [9.17, 15) is 9.59 Å². The van der Waals surface area contributed by atoms with Crippen LogP contribution in [0.4, 0.5) is 5.69 Å². The molecule has 1 aromatic rings. The Morgan fingerprint density at radius 2 is 1.81 bits per heavy atom. The summed E-state index contributed by atoms with van der Waals surface area (Å²) in [5, 5.41) is 9.03. The normalized spacial score (nSPS) is 10.3. The minimum Gasteiger partial charge on any atom is -0.480 e. The molecule has 0 saturated heterocycles. The highest BCUT2D eigenvalue weighted by Crippen LogP contribution is 2.35. The predicted molar refractivity (Wildman–Crippen MR) is 90.6 cm³/mol. The van der Waals surface area contributed by atoms with Crippen molar-refractivity contribution in [3.8, 4) is 0 Å². The van der Waals surface area contributed by atoms with Crippen LogP contribution in [-0.4, -0.2) is 36.7 Å².